The molecule has 1 unspecified atom stereocenters. The molecule has 0 aliphatic heterocycles. The molecule has 0 bridgehead atoms. The number of rotatable bonds is 9. The van der Waals surface area contributed by atoms with Crippen LogP contribution in [0.2, 0.25) is 5.02 Å². The number of aromatic nitrogens is 1. The van der Waals surface area contributed by atoms with Crippen molar-refractivity contribution >= 4 is 27.6 Å². The molecule has 0 aliphatic carbocycles. The van der Waals surface area contributed by atoms with E-state index >= 15 is 0 Å². The smallest absolute Gasteiger partial charge is 0.341 e. The van der Waals surface area contributed by atoms with Gasteiger partial charge in [-0.25, -0.2) is 17.9 Å². The summed E-state index contributed by atoms with van der Waals surface area (Å²) in [5.74, 6) is -0.645. The summed E-state index contributed by atoms with van der Waals surface area (Å²) in [4.78, 5) is 14.8. The number of carboxylic acid groups (broad SMARTS) is 1. The number of hydrogen-bond donors (Lipinski definition) is 2. The minimum atomic E-state index is -3.80. The third-order valence-corrected chi connectivity index (χ3v) is 5.97. The zero-order valence-corrected chi connectivity index (χ0v) is 17.3. The number of ether oxygens (including phenoxy) is 1. The number of pyridine rings is 1. The Hall–Kier alpha value is -2.94. The molecular weight excluding hydrogens is 428 g/mol. The Morgan fingerprint density at radius 1 is 1.10 bits per heavy atom. The van der Waals surface area contributed by atoms with Crippen molar-refractivity contribution in [3.05, 3.63) is 89.2 Å². The summed E-state index contributed by atoms with van der Waals surface area (Å²) in [5.41, 5.74) is 1.55. The summed E-state index contributed by atoms with van der Waals surface area (Å²) in [6, 6.07) is 15.7. The normalized spacial score (nSPS) is 12.3. The van der Waals surface area contributed by atoms with Gasteiger partial charge in [-0.2, -0.15) is 0 Å². The summed E-state index contributed by atoms with van der Waals surface area (Å²) in [6.07, 6.45) is 3.58. The molecule has 0 fully saturated rings. The Labute approximate surface area is 179 Å². The van der Waals surface area contributed by atoms with Crippen molar-refractivity contribution in [2.24, 2.45) is 0 Å². The maximum absolute atomic E-state index is 12.9. The van der Waals surface area contributed by atoms with E-state index in [0.29, 0.717) is 22.8 Å². The number of hydrogen-bond acceptors (Lipinski definition) is 5. The van der Waals surface area contributed by atoms with Crippen molar-refractivity contribution in [2.75, 3.05) is 6.61 Å². The number of carboxylic acids is 1. The molecule has 0 spiro atoms. The van der Waals surface area contributed by atoms with Gasteiger partial charge in [0.05, 0.1) is 10.9 Å². The molecule has 9 heteroatoms. The highest BCUT2D eigenvalue weighted by molar-refractivity contribution is 7.89. The summed E-state index contributed by atoms with van der Waals surface area (Å²) < 4.78 is 33.6. The van der Waals surface area contributed by atoms with E-state index in [9.17, 15) is 13.2 Å². The Balaban J connectivity index is 1.81. The molecule has 2 N–H and O–H groups in total. The average Bonchev–Trinajstić information content (AvgIpc) is 2.73. The van der Waals surface area contributed by atoms with Crippen molar-refractivity contribution in [3.8, 4) is 5.75 Å². The van der Waals surface area contributed by atoms with Gasteiger partial charge in [0.2, 0.25) is 10.0 Å². The topological polar surface area (TPSA) is 106 Å². The lowest BCUT2D eigenvalue weighted by atomic mass is 10.0. The largest absolute Gasteiger partial charge is 0.482 e. The van der Waals surface area contributed by atoms with Crippen molar-refractivity contribution in [3.63, 3.8) is 0 Å². The van der Waals surface area contributed by atoms with Crippen LogP contribution >= 0.6 is 11.6 Å². The Kier molecular flexibility index (Phi) is 7.04. The molecule has 3 rings (SSSR count). The van der Waals surface area contributed by atoms with Gasteiger partial charge in [-0.05, 0) is 60.0 Å². The number of sulfonamides is 1. The van der Waals surface area contributed by atoms with Gasteiger partial charge in [0.25, 0.3) is 0 Å². The van der Waals surface area contributed by atoms with Gasteiger partial charge in [-0.1, -0.05) is 29.8 Å². The quantitative estimate of drug-likeness (QED) is 0.521. The highest BCUT2D eigenvalue weighted by Crippen LogP contribution is 2.23. The fraction of sp³-hybridized carbons (Fsp3) is 0.143. The first kappa shape index (κ1) is 21.8. The second-order valence-electron chi connectivity index (χ2n) is 6.44. The van der Waals surface area contributed by atoms with Gasteiger partial charge < -0.3 is 9.84 Å². The minimum absolute atomic E-state index is 0.109. The van der Waals surface area contributed by atoms with Crippen LogP contribution in [0.15, 0.2) is 78.0 Å². The van der Waals surface area contributed by atoms with Gasteiger partial charge in [0.15, 0.2) is 6.61 Å². The molecule has 7 nitrogen and oxygen atoms in total. The monoisotopic (exact) mass is 446 g/mol. The fourth-order valence-corrected chi connectivity index (χ4v) is 4.13. The molecular formula is C21H19ClN2O5S. The summed E-state index contributed by atoms with van der Waals surface area (Å²) in [6.45, 7) is -0.432. The van der Waals surface area contributed by atoms with Crippen molar-refractivity contribution in [1.29, 1.82) is 0 Å². The highest BCUT2D eigenvalue weighted by atomic mass is 35.5. The SMILES string of the molecule is O=C(O)COc1ccc(CC(NS(=O)(=O)c2ccc(Cl)cc2)c2cccnc2)cc1. The van der Waals surface area contributed by atoms with Gasteiger partial charge in [-0.15, -0.1) is 0 Å². The second kappa shape index (κ2) is 9.71. The zero-order chi connectivity index (χ0) is 21.6. The molecule has 1 aromatic heterocycles. The molecule has 30 heavy (non-hydrogen) atoms. The first-order valence-electron chi connectivity index (χ1n) is 8.95. The third-order valence-electron chi connectivity index (χ3n) is 4.23. The van der Waals surface area contributed by atoms with E-state index in [1.54, 1.807) is 48.8 Å². The van der Waals surface area contributed by atoms with E-state index in [4.69, 9.17) is 21.4 Å². The fourth-order valence-electron chi connectivity index (χ4n) is 2.78. The van der Waals surface area contributed by atoms with Crippen LogP contribution in [-0.2, 0) is 21.2 Å². The molecule has 0 saturated carbocycles. The van der Waals surface area contributed by atoms with Crippen LogP contribution in [0.5, 0.6) is 5.75 Å². The second-order valence-corrected chi connectivity index (χ2v) is 8.60. The van der Waals surface area contributed by atoms with E-state index < -0.39 is 28.6 Å². The Morgan fingerprint density at radius 3 is 2.40 bits per heavy atom. The third kappa shape index (κ3) is 6.03. The predicted octanol–water partition coefficient (Wildman–Crippen LogP) is 3.46. The zero-order valence-electron chi connectivity index (χ0n) is 15.7. The Bertz CT molecular complexity index is 1090. The molecule has 156 valence electrons. The lowest BCUT2D eigenvalue weighted by Gasteiger charge is -2.19. The van der Waals surface area contributed by atoms with Crippen LogP contribution < -0.4 is 9.46 Å². The molecule has 0 aliphatic rings. The number of halogens is 1. The van der Waals surface area contributed by atoms with Crippen molar-refractivity contribution in [2.45, 2.75) is 17.4 Å². The first-order valence-corrected chi connectivity index (χ1v) is 10.8. The number of nitrogens with one attached hydrogen (secondary N) is 1. The summed E-state index contributed by atoms with van der Waals surface area (Å²) in [7, 11) is -3.80. The maximum atomic E-state index is 12.9. The van der Waals surface area contributed by atoms with Gasteiger partial charge in [-0.3, -0.25) is 4.98 Å². The van der Waals surface area contributed by atoms with Crippen LogP contribution in [0, 0.1) is 0 Å². The lowest BCUT2D eigenvalue weighted by molar-refractivity contribution is -0.139. The van der Waals surface area contributed by atoms with Gasteiger partial charge in [0, 0.05) is 17.4 Å². The predicted molar refractivity (Wildman–Crippen MR) is 112 cm³/mol. The highest BCUT2D eigenvalue weighted by Gasteiger charge is 2.22. The van der Waals surface area contributed by atoms with Crippen molar-refractivity contribution in [1.82, 2.24) is 9.71 Å². The number of aliphatic carboxylic acids is 1. The maximum Gasteiger partial charge on any atom is 0.341 e. The van der Waals surface area contributed by atoms with E-state index in [2.05, 4.69) is 9.71 Å². The van der Waals surface area contributed by atoms with E-state index in [0.717, 1.165) is 5.56 Å². The van der Waals surface area contributed by atoms with Crippen molar-refractivity contribution < 1.29 is 23.1 Å². The first-order chi connectivity index (χ1) is 14.3. The minimum Gasteiger partial charge on any atom is -0.482 e. The van der Waals surface area contributed by atoms with E-state index in [-0.39, 0.29) is 4.90 Å². The average molecular weight is 447 g/mol. The molecule has 1 atom stereocenters. The molecule has 2 aromatic carbocycles. The van der Waals surface area contributed by atoms with Crippen LogP contribution in [0.25, 0.3) is 0 Å². The van der Waals surface area contributed by atoms with E-state index in [1.807, 2.05) is 0 Å². The van der Waals surface area contributed by atoms with Crippen LogP contribution in [0.3, 0.4) is 0 Å². The van der Waals surface area contributed by atoms with E-state index in [1.165, 1.54) is 24.3 Å². The molecule has 0 saturated heterocycles. The number of nitrogens with zero attached hydrogens (tertiary/aromatic N) is 1. The molecule has 3 aromatic rings. The number of benzene rings is 2. The lowest BCUT2D eigenvalue weighted by Crippen LogP contribution is -2.30. The molecule has 0 amide bonds. The van der Waals surface area contributed by atoms with Crippen LogP contribution in [0.1, 0.15) is 17.2 Å². The summed E-state index contributed by atoms with van der Waals surface area (Å²) in [5, 5.41) is 9.14. The number of carbonyl (C=O) groups is 1. The van der Waals surface area contributed by atoms with Crippen LogP contribution in [-0.4, -0.2) is 31.1 Å². The molecule has 0 radical (unpaired) electrons. The summed E-state index contributed by atoms with van der Waals surface area (Å²) >= 11 is 5.86. The molecule has 1 heterocycles. The standard InChI is InChI=1S/C21H19ClN2O5S/c22-17-5-9-19(10-6-17)30(27,28)24-20(16-2-1-11-23-13-16)12-15-3-7-18(8-4-15)29-14-21(25)26/h1-11,13,20,24H,12,14H2,(H,25,26). The van der Waals surface area contributed by atoms with Gasteiger partial charge in [0.1, 0.15) is 5.75 Å². The van der Waals surface area contributed by atoms with Gasteiger partial charge >= 0.3 is 5.97 Å². The van der Waals surface area contributed by atoms with Crippen LogP contribution in [0.4, 0.5) is 0 Å². The Morgan fingerprint density at radius 2 is 1.80 bits per heavy atom.